The molecule has 0 fully saturated rings. The Balaban J connectivity index is 2.82. The van der Waals surface area contributed by atoms with E-state index in [-0.39, 0.29) is 0 Å². The van der Waals surface area contributed by atoms with Crippen molar-refractivity contribution in [2.45, 2.75) is 43.4 Å². The van der Waals surface area contributed by atoms with Crippen molar-refractivity contribution in [2.24, 2.45) is 0 Å². The van der Waals surface area contributed by atoms with Gasteiger partial charge in [-0.25, -0.2) is 0 Å². The van der Waals surface area contributed by atoms with Crippen LogP contribution in [-0.4, -0.2) is 10.4 Å². The van der Waals surface area contributed by atoms with Gasteiger partial charge < -0.3 is 5.11 Å². The van der Waals surface area contributed by atoms with Crippen LogP contribution < -0.4 is 0 Å². The van der Waals surface area contributed by atoms with Gasteiger partial charge in [0.1, 0.15) is 0 Å². The van der Waals surface area contributed by atoms with E-state index in [1.54, 1.807) is 6.92 Å². The molecule has 2 atom stereocenters. The zero-order chi connectivity index (χ0) is 11.4. The van der Waals surface area contributed by atoms with Gasteiger partial charge in [-0.2, -0.15) is 0 Å². The summed E-state index contributed by atoms with van der Waals surface area (Å²) in [6.45, 7) is 6.19. The number of hydrogen-bond acceptors (Lipinski definition) is 2. The highest BCUT2D eigenvalue weighted by molar-refractivity contribution is 9.10. The number of benzene rings is 1. The van der Waals surface area contributed by atoms with Crippen LogP contribution in [0.15, 0.2) is 27.6 Å². The second-order valence-corrected chi connectivity index (χ2v) is 6.06. The first-order valence-corrected chi connectivity index (χ1v) is 6.86. The molecule has 84 valence electrons. The maximum Gasteiger partial charge on any atom is 0.0772 e. The van der Waals surface area contributed by atoms with E-state index in [9.17, 15) is 5.11 Å². The molecule has 0 aromatic heterocycles. The largest absolute Gasteiger partial charge is 0.389 e. The molecule has 0 radical (unpaired) electrons. The fourth-order valence-electron chi connectivity index (χ4n) is 1.24. The van der Waals surface area contributed by atoms with E-state index in [1.807, 2.05) is 17.8 Å². The third kappa shape index (κ3) is 3.82. The summed E-state index contributed by atoms with van der Waals surface area (Å²) < 4.78 is 0.991. The van der Waals surface area contributed by atoms with Gasteiger partial charge in [-0.05, 0) is 31.0 Å². The lowest BCUT2D eigenvalue weighted by molar-refractivity contribution is 0.198. The highest BCUT2D eigenvalue weighted by Gasteiger charge is 2.08. The smallest absolute Gasteiger partial charge is 0.0772 e. The minimum Gasteiger partial charge on any atom is -0.389 e. The Morgan fingerprint density at radius 1 is 1.40 bits per heavy atom. The summed E-state index contributed by atoms with van der Waals surface area (Å²) >= 11 is 5.35. The predicted octanol–water partition coefficient (Wildman–Crippen LogP) is 4.39. The van der Waals surface area contributed by atoms with Crippen molar-refractivity contribution in [3.63, 3.8) is 0 Å². The van der Waals surface area contributed by atoms with E-state index in [0.29, 0.717) is 5.25 Å². The van der Waals surface area contributed by atoms with Gasteiger partial charge in [0.2, 0.25) is 0 Å². The van der Waals surface area contributed by atoms with Gasteiger partial charge in [-0.1, -0.05) is 35.8 Å². The van der Waals surface area contributed by atoms with Crippen LogP contribution in [0.3, 0.4) is 0 Å². The molecule has 0 spiro atoms. The molecule has 3 heteroatoms. The number of rotatable bonds is 4. The van der Waals surface area contributed by atoms with Crippen LogP contribution in [0, 0.1) is 0 Å². The molecule has 15 heavy (non-hydrogen) atoms. The van der Waals surface area contributed by atoms with Crippen LogP contribution >= 0.6 is 27.7 Å². The van der Waals surface area contributed by atoms with Crippen LogP contribution in [0.2, 0.25) is 0 Å². The monoisotopic (exact) mass is 288 g/mol. The fourth-order valence-corrected chi connectivity index (χ4v) is 3.06. The van der Waals surface area contributed by atoms with Gasteiger partial charge in [0.25, 0.3) is 0 Å². The Labute approximate surface area is 104 Å². The second kappa shape index (κ2) is 5.92. The topological polar surface area (TPSA) is 20.2 Å². The Morgan fingerprint density at radius 2 is 2.07 bits per heavy atom. The van der Waals surface area contributed by atoms with Crippen molar-refractivity contribution in [1.29, 1.82) is 0 Å². The predicted molar refractivity (Wildman–Crippen MR) is 70.4 cm³/mol. The SMILES string of the molecule is CCC(C)Sc1ccc(C(C)O)c(Br)c1. The summed E-state index contributed by atoms with van der Waals surface area (Å²) in [6, 6.07) is 6.14. The molecule has 1 aromatic carbocycles. The molecule has 0 amide bonds. The number of aliphatic hydroxyl groups excluding tert-OH is 1. The number of thioether (sulfide) groups is 1. The molecule has 0 saturated heterocycles. The van der Waals surface area contributed by atoms with Crippen LogP contribution in [0.5, 0.6) is 0 Å². The molecule has 2 unspecified atom stereocenters. The Morgan fingerprint density at radius 3 is 2.53 bits per heavy atom. The first kappa shape index (κ1) is 13.1. The van der Waals surface area contributed by atoms with Crippen molar-refractivity contribution >= 4 is 27.7 Å². The molecule has 0 saturated carbocycles. The lowest BCUT2D eigenvalue weighted by Crippen LogP contribution is -1.95. The summed E-state index contributed by atoms with van der Waals surface area (Å²) in [4.78, 5) is 1.25. The van der Waals surface area contributed by atoms with Gasteiger partial charge in [-0.3, -0.25) is 0 Å². The minimum atomic E-state index is -0.415. The summed E-state index contributed by atoms with van der Waals surface area (Å²) in [5.41, 5.74) is 0.948. The quantitative estimate of drug-likeness (QED) is 0.829. The van der Waals surface area contributed by atoms with Crippen molar-refractivity contribution in [3.05, 3.63) is 28.2 Å². The van der Waals surface area contributed by atoms with Gasteiger partial charge in [0.15, 0.2) is 0 Å². The van der Waals surface area contributed by atoms with Crippen molar-refractivity contribution in [2.75, 3.05) is 0 Å². The van der Waals surface area contributed by atoms with Gasteiger partial charge in [0.05, 0.1) is 6.10 Å². The first-order valence-electron chi connectivity index (χ1n) is 5.18. The zero-order valence-electron chi connectivity index (χ0n) is 9.33. The highest BCUT2D eigenvalue weighted by atomic mass is 79.9. The number of aliphatic hydroxyl groups is 1. The number of halogens is 1. The normalized spacial score (nSPS) is 15.0. The van der Waals surface area contributed by atoms with Crippen molar-refractivity contribution in [3.8, 4) is 0 Å². The summed E-state index contributed by atoms with van der Waals surface area (Å²) in [7, 11) is 0. The third-order valence-electron chi connectivity index (χ3n) is 2.33. The van der Waals surface area contributed by atoms with Gasteiger partial charge in [0, 0.05) is 14.6 Å². The number of hydrogen-bond donors (Lipinski definition) is 1. The van der Waals surface area contributed by atoms with E-state index in [1.165, 1.54) is 11.3 Å². The zero-order valence-corrected chi connectivity index (χ0v) is 11.7. The van der Waals surface area contributed by atoms with E-state index in [4.69, 9.17) is 0 Å². The standard InChI is InChI=1S/C12H17BrOS/c1-4-8(2)15-10-5-6-11(9(3)14)12(13)7-10/h5-9,14H,4H2,1-3H3. The molecule has 0 aliphatic rings. The molecule has 1 N–H and O–H groups in total. The molecule has 1 nitrogen and oxygen atoms in total. The minimum absolute atomic E-state index is 0.415. The summed E-state index contributed by atoms with van der Waals surface area (Å²) in [6.07, 6.45) is 0.752. The summed E-state index contributed by atoms with van der Waals surface area (Å²) in [5, 5.41) is 10.1. The van der Waals surface area contributed by atoms with Crippen molar-refractivity contribution < 1.29 is 5.11 Å². The fraction of sp³-hybridized carbons (Fsp3) is 0.500. The van der Waals surface area contributed by atoms with E-state index >= 15 is 0 Å². The average molecular weight is 289 g/mol. The van der Waals surface area contributed by atoms with E-state index in [0.717, 1.165) is 10.0 Å². The molecule has 1 rings (SSSR count). The Kier molecular flexibility index (Phi) is 5.16. The highest BCUT2D eigenvalue weighted by Crippen LogP contribution is 2.31. The summed E-state index contributed by atoms with van der Waals surface area (Å²) in [5.74, 6) is 0. The lowest BCUT2D eigenvalue weighted by Gasteiger charge is -2.11. The Bertz CT molecular complexity index is 325. The molecular formula is C12H17BrOS. The molecule has 0 heterocycles. The van der Waals surface area contributed by atoms with E-state index in [2.05, 4.69) is 41.9 Å². The maximum atomic E-state index is 9.49. The Hall–Kier alpha value is 0.01000. The third-order valence-corrected chi connectivity index (χ3v) is 4.28. The van der Waals surface area contributed by atoms with Gasteiger partial charge in [-0.15, -0.1) is 11.8 Å². The van der Waals surface area contributed by atoms with E-state index < -0.39 is 6.10 Å². The first-order chi connectivity index (χ1) is 7.04. The van der Waals surface area contributed by atoms with Crippen LogP contribution in [0.1, 0.15) is 38.9 Å². The maximum absolute atomic E-state index is 9.49. The lowest BCUT2D eigenvalue weighted by atomic mass is 10.1. The molecular weight excluding hydrogens is 272 g/mol. The van der Waals surface area contributed by atoms with Crippen LogP contribution in [0.25, 0.3) is 0 Å². The average Bonchev–Trinajstić information content (AvgIpc) is 2.17. The van der Waals surface area contributed by atoms with Crippen molar-refractivity contribution in [1.82, 2.24) is 0 Å². The van der Waals surface area contributed by atoms with Gasteiger partial charge >= 0.3 is 0 Å². The molecule has 0 aliphatic carbocycles. The second-order valence-electron chi connectivity index (χ2n) is 3.70. The van der Waals surface area contributed by atoms with Crippen LogP contribution in [0.4, 0.5) is 0 Å². The van der Waals surface area contributed by atoms with Crippen LogP contribution in [-0.2, 0) is 0 Å². The molecule has 0 bridgehead atoms. The molecule has 1 aromatic rings. The molecule has 0 aliphatic heterocycles.